The molecule has 0 saturated heterocycles. The topological polar surface area (TPSA) is 82.6 Å². The lowest BCUT2D eigenvalue weighted by Gasteiger charge is -2.09. The van der Waals surface area contributed by atoms with Gasteiger partial charge >= 0.3 is 0 Å². The summed E-state index contributed by atoms with van der Waals surface area (Å²) in [5, 5.41) is 0.332. The van der Waals surface area contributed by atoms with Crippen molar-refractivity contribution in [2.24, 2.45) is 0 Å². The molecule has 0 amide bonds. The first-order valence-corrected chi connectivity index (χ1v) is 8.25. The van der Waals surface area contributed by atoms with Gasteiger partial charge in [0.05, 0.1) is 25.6 Å². The molecule has 2 aromatic heterocycles. The summed E-state index contributed by atoms with van der Waals surface area (Å²) in [6.45, 7) is 2.60. The first-order valence-electron chi connectivity index (χ1n) is 8.25. The molecular weight excluding hydrogens is 336 g/mol. The van der Waals surface area contributed by atoms with Crippen LogP contribution in [-0.4, -0.2) is 23.3 Å². The summed E-state index contributed by atoms with van der Waals surface area (Å²) in [7, 11) is 1.60. The van der Waals surface area contributed by atoms with E-state index in [1.54, 1.807) is 30.9 Å². The highest BCUT2D eigenvalue weighted by molar-refractivity contribution is 5.77. The van der Waals surface area contributed by atoms with Crippen LogP contribution in [0.5, 0.6) is 5.75 Å². The molecule has 0 spiro atoms. The number of hydrogen-bond donors (Lipinski definition) is 1. The minimum atomic E-state index is -0.257. The summed E-state index contributed by atoms with van der Waals surface area (Å²) in [6, 6.07) is 9.11. The summed E-state index contributed by atoms with van der Waals surface area (Å²) in [5.41, 5.74) is 1.13. The number of H-pyrrole nitrogens is 1. The van der Waals surface area contributed by atoms with E-state index in [0.29, 0.717) is 24.1 Å². The highest BCUT2D eigenvalue weighted by Gasteiger charge is 2.10. The van der Waals surface area contributed by atoms with Gasteiger partial charge in [0.2, 0.25) is 0 Å². The lowest BCUT2D eigenvalue weighted by Crippen LogP contribution is -2.24. The second-order valence-corrected chi connectivity index (χ2v) is 5.70. The van der Waals surface area contributed by atoms with Crippen LogP contribution in [0, 0.1) is 0 Å². The fourth-order valence-electron chi connectivity index (χ4n) is 2.65. The van der Waals surface area contributed by atoms with Crippen molar-refractivity contribution in [2.45, 2.75) is 20.1 Å². The van der Waals surface area contributed by atoms with Crippen LogP contribution < -0.4 is 15.7 Å². The lowest BCUT2D eigenvalue weighted by atomic mass is 10.1. The molecule has 3 rings (SSSR count). The van der Waals surface area contributed by atoms with E-state index in [-0.39, 0.29) is 23.1 Å². The number of aromatic nitrogens is 2. The predicted molar refractivity (Wildman–Crippen MR) is 97.3 cm³/mol. The number of rotatable bonds is 7. The third kappa shape index (κ3) is 3.68. The monoisotopic (exact) mass is 356 g/mol. The van der Waals surface area contributed by atoms with Gasteiger partial charge in [0.1, 0.15) is 17.9 Å². The molecule has 3 aromatic rings. The van der Waals surface area contributed by atoms with E-state index in [9.17, 15) is 9.59 Å². The number of pyridine rings is 2. The van der Waals surface area contributed by atoms with Crippen LogP contribution in [0.3, 0.4) is 0 Å². The van der Waals surface area contributed by atoms with Crippen LogP contribution in [0.2, 0.25) is 0 Å². The molecule has 7 heteroatoms. The molecule has 0 radical (unpaired) electrons. The fourth-order valence-corrected chi connectivity index (χ4v) is 2.65. The molecule has 0 fully saturated rings. The number of ether oxygens (including phenoxy) is 1. The highest BCUT2D eigenvalue weighted by Crippen LogP contribution is 2.12. The van der Waals surface area contributed by atoms with Gasteiger partial charge in [-0.2, -0.15) is 0 Å². The van der Waals surface area contributed by atoms with Crippen molar-refractivity contribution >= 4 is 10.9 Å². The highest BCUT2D eigenvalue weighted by atomic mass is 17.2. The summed E-state index contributed by atoms with van der Waals surface area (Å²) in [6.07, 6.45) is 3.11. The van der Waals surface area contributed by atoms with E-state index in [4.69, 9.17) is 14.5 Å². The van der Waals surface area contributed by atoms with Crippen molar-refractivity contribution in [1.82, 2.24) is 9.55 Å². The number of aromatic amines is 1. The standard InChI is InChI=1S/C19H20N2O5/c1-3-25-26-12-14-10-20-17-16(18(14)22)8-9-21(19(17)23)11-13-4-6-15(24-2)7-5-13/h4-10H,3,11-12H2,1-2H3,(H,20,22). The van der Waals surface area contributed by atoms with Crippen LogP contribution >= 0.6 is 0 Å². The lowest BCUT2D eigenvalue weighted by molar-refractivity contribution is -0.300. The molecule has 0 aliphatic carbocycles. The molecule has 0 atom stereocenters. The van der Waals surface area contributed by atoms with E-state index in [1.807, 2.05) is 24.3 Å². The molecule has 1 aromatic carbocycles. The average Bonchev–Trinajstić information content (AvgIpc) is 2.66. The van der Waals surface area contributed by atoms with Gasteiger partial charge in [-0.3, -0.25) is 9.59 Å². The number of fused-ring (bicyclic) bond motifs is 1. The van der Waals surface area contributed by atoms with Gasteiger partial charge in [0.25, 0.3) is 5.56 Å². The first-order chi connectivity index (χ1) is 12.6. The molecule has 0 saturated carbocycles. The Bertz CT molecular complexity index is 1010. The fraction of sp³-hybridized carbons (Fsp3) is 0.263. The van der Waals surface area contributed by atoms with Crippen molar-refractivity contribution < 1.29 is 14.5 Å². The Hall–Kier alpha value is -2.90. The second-order valence-electron chi connectivity index (χ2n) is 5.70. The normalized spacial score (nSPS) is 11.0. The van der Waals surface area contributed by atoms with Crippen LogP contribution in [-0.2, 0) is 22.9 Å². The number of nitrogens with zero attached hydrogens (tertiary/aromatic N) is 1. The van der Waals surface area contributed by atoms with Crippen LogP contribution in [0.1, 0.15) is 18.1 Å². The zero-order chi connectivity index (χ0) is 18.5. The van der Waals surface area contributed by atoms with E-state index in [1.165, 1.54) is 6.20 Å². The molecule has 26 heavy (non-hydrogen) atoms. The van der Waals surface area contributed by atoms with Gasteiger partial charge in [-0.25, -0.2) is 9.78 Å². The summed E-state index contributed by atoms with van der Waals surface area (Å²) in [4.78, 5) is 37.8. The average molecular weight is 356 g/mol. The maximum Gasteiger partial charge on any atom is 0.275 e. The first kappa shape index (κ1) is 17.9. The van der Waals surface area contributed by atoms with Crippen molar-refractivity contribution in [1.29, 1.82) is 0 Å². The summed E-state index contributed by atoms with van der Waals surface area (Å²) in [5.74, 6) is 0.755. The van der Waals surface area contributed by atoms with Crippen LogP contribution in [0.15, 0.2) is 52.3 Å². The molecule has 0 bridgehead atoms. The zero-order valence-electron chi connectivity index (χ0n) is 14.7. The van der Waals surface area contributed by atoms with Gasteiger partial charge in [0.15, 0.2) is 5.43 Å². The van der Waals surface area contributed by atoms with E-state index < -0.39 is 0 Å². The number of methoxy groups -OCH3 is 1. The van der Waals surface area contributed by atoms with Gasteiger partial charge in [0, 0.05) is 18.0 Å². The molecule has 1 N–H and O–H groups in total. The quantitative estimate of drug-likeness (QED) is 0.399. The van der Waals surface area contributed by atoms with Gasteiger partial charge in [-0.15, -0.1) is 0 Å². The molecule has 0 aliphatic heterocycles. The molecule has 136 valence electrons. The molecule has 7 nitrogen and oxygen atoms in total. The van der Waals surface area contributed by atoms with Gasteiger partial charge < -0.3 is 14.3 Å². The minimum Gasteiger partial charge on any atom is -0.497 e. The van der Waals surface area contributed by atoms with Crippen LogP contribution in [0.25, 0.3) is 10.9 Å². The van der Waals surface area contributed by atoms with E-state index in [2.05, 4.69) is 4.98 Å². The summed E-state index contributed by atoms with van der Waals surface area (Å²) < 4.78 is 6.68. The number of nitrogens with one attached hydrogen (secondary N) is 1. The van der Waals surface area contributed by atoms with Gasteiger partial charge in [-0.05, 0) is 30.7 Å². The largest absolute Gasteiger partial charge is 0.497 e. The van der Waals surface area contributed by atoms with E-state index >= 15 is 0 Å². The Morgan fingerprint density at radius 1 is 1.08 bits per heavy atom. The van der Waals surface area contributed by atoms with Gasteiger partial charge in [-0.1, -0.05) is 12.1 Å². The third-order valence-corrected chi connectivity index (χ3v) is 4.02. The van der Waals surface area contributed by atoms with Crippen LogP contribution in [0.4, 0.5) is 0 Å². The maximum absolute atomic E-state index is 12.7. The predicted octanol–water partition coefficient (Wildman–Crippen LogP) is 2.21. The number of benzene rings is 1. The molecule has 0 aliphatic rings. The minimum absolute atomic E-state index is 0.0219. The van der Waals surface area contributed by atoms with Crippen molar-refractivity contribution in [3.8, 4) is 5.75 Å². The maximum atomic E-state index is 12.7. The Balaban J connectivity index is 1.91. The second kappa shape index (κ2) is 7.99. The SMILES string of the molecule is CCOOCc1c[nH]c2c(=O)n(Cc3ccc(OC)cc3)ccc2c1=O. The van der Waals surface area contributed by atoms with Crippen molar-refractivity contribution in [3.05, 3.63) is 74.4 Å². The molecule has 2 heterocycles. The summed E-state index contributed by atoms with van der Waals surface area (Å²) >= 11 is 0. The Labute approximate surface area is 149 Å². The Kier molecular flexibility index (Phi) is 5.50. The molecular formula is C19H20N2O5. The Morgan fingerprint density at radius 2 is 1.85 bits per heavy atom. The Morgan fingerprint density at radius 3 is 2.54 bits per heavy atom. The molecule has 0 unspecified atom stereocenters. The van der Waals surface area contributed by atoms with Crippen molar-refractivity contribution in [2.75, 3.05) is 13.7 Å². The zero-order valence-corrected chi connectivity index (χ0v) is 14.7. The third-order valence-electron chi connectivity index (χ3n) is 4.02. The smallest absolute Gasteiger partial charge is 0.275 e. The number of hydrogen-bond acceptors (Lipinski definition) is 5. The van der Waals surface area contributed by atoms with E-state index in [0.717, 1.165) is 11.3 Å². The van der Waals surface area contributed by atoms with Crippen molar-refractivity contribution in [3.63, 3.8) is 0 Å².